The molecular formula is C30H36N4O6S. The summed E-state index contributed by atoms with van der Waals surface area (Å²) in [4.78, 5) is 46.1. The lowest BCUT2D eigenvalue weighted by molar-refractivity contribution is -0.143. The van der Waals surface area contributed by atoms with Crippen LogP contribution in [0.3, 0.4) is 0 Å². The molecule has 3 heterocycles. The Morgan fingerprint density at radius 3 is 2.20 bits per heavy atom. The Morgan fingerprint density at radius 2 is 1.59 bits per heavy atom. The van der Waals surface area contributed by atoms with Gasteiger partial charge in [0.2, 0.25) is 10.0 Å². The molecule has 1 atom stereocenters. The van der Waals surface area contributed by atoms with E-state index in [-0.39, 0.29) is 22.6 Å². The van der Waals surface area contributed by atoms with Gasteiger partial charge in [-0.1, -0.05) is 31.0 Å². The first-order valence-electron chi connectivity index (χ1n) is 14.0. The molecule has 2 aromatic carbocycles. The molecule has 2 fully saturated rings. The summed E-state index contributed by atoms with van der Waals surface area (Å²) in [7, 11) is -0.0781. The predicted molar refractivity (Wildman–Crippen MR) is 155 cm³/mol. The van der Waals surface area contributed by atoms with E-state index >= 15 is 0 Å². The van der Waals surface area contributed by atoms with Gasteiger partial charge < -0.3 is 19.8 Å². The summed E-state index contributed by atoms with van der Waals surface area (Å²) in [5.74, 6) is -2.82. The Morgan fingerprint density at radius 1 is 0.951 bits per heavy atom. The highest BCUT2D eigenvalue weighted by atomic mass is 32.2. The van der Waals surface area contributed by atoms with Crippen molar-refractivity contribution < 1.29 is 27.9 Å². The molecule has 0 aromatic heterocycles. The normalized spacial score (nSPS) is 23.1. The summed E-state index contributed by atoms with van der Waals surface area (Å²) in [6, 6.07) is 12.6. The lowest BCUT2D eigenvalue weighted by Gasteiger charge is -2.35. The zero-order chi connectivity index (χ0) is 29.5. The molecule has 3 aliphatic heterocycles. The van der Waals surface area contributed by atoms with Gasteiger partial charge in [0.25, 0.3) is 17.6 Å². The summed E-state index contributed by atoms with van der Waals surface area (Å²) in [6.45, 7) is 3.49. The number of likely N-dealkylation sites (N-methyl/N-ethyl adjacent to an activating group) is 2. The Hall–Kier alpha value is -3.54. The number of carbonyl (C=O) groups is 3. The molecule has 11 heteroatoms. The molecule has 1 spiro atoms. The zero-order valence-corrected chi connectivity index (χ0v) is 24.5. The average Bonchev–Trinajstić information content (AvgIpc) is 3.17. The van der Waals surface area contributed by atoms with E-state index < -0.39 is 38.9 Å². The Bertz CT molecular complexity index is 1510. The molecule has 0 aliphatic carbocycles. The van der Waals surface area contributed by atoms with Gasteiger partial charge in [-0.2, -0.15) is 4.31 Å². The van der Waals surface area contributed by atoms with Crippen LogP contribution in [0.25, 0.3) is 5.76 Å². The van der Waals surface area contributed by atoms with Gasteiger partial charge in [0.15, 0.2) is 5.54 Å². The van der Waals surface area contributed by atoms with Crippen LogP contribution >= 0.6 is 0 Å². The average molecular weight is 581 g/mol. The number of nitrogens with zero attached hydrogens (tertiary/aromatic N) is 4. The van der Waals surface area contributed by atoms with Crippen LogP contribution in [-0.4, -0.2) is 92.0 Å². The third-order valence-electron chi connectivity index (χ3n) is 8.23. The van der Waals surface area contributed by atoms with Crippen LogP contribution in [0.5, 0.6) is 0 Å². The van der Waals surface area contributed by atoms with Crippen molar-refractivity contribution in [3.63, 3.8) is 0 Å². The predicted octanol–water partition coefficient (Wildman–Crippen LogP) is 2.76. The Kier molecular flexibility index (Phi) is 7.80. The summed E-state index contributed by atoms with van der Waals surface area (Å²) in [5, 5.41) is 11.7. The van der Waals surface area contributed by atoms with Crippen LogP contribution in [0, 0.1) is 0 Å². The molecule has 3 aliphatic rings. The number of Topliss-reactive ketones (excluding diaryl/α,β-unsaturated/α-hetero) is 1. The van der Waals surface area contributed by atoms with E-state index in [2.05, 4.69) is 0 Å². The number of anilines is 1. The number of rotatable bonds is 7. The van der Waals surface area contributed by atoms with Gasteiger partial charge in [-0.05, 0) is 64.2 Å². The van der Waals surface area contributed by atoms with Crippen molar-refractivity contribution in [3.8, 4) is 0 Å². The lowest BCUT2D eigenvalue weighted by Crippen LogP contribution is -2.53. The Labute approximate surface area is 240 Å². The highest BCUT2D eigenvalue weighted by molar-refractivity contribution is 7.89. The molecule has 10 nitrogen and oxygen atoms in total. The smallest absolute Gasteiger partial charge is 0.296 e. The maximum atomic E-state index is 14.2. The number of hydrogen-bond acceptors (Lipinski definition) is 7. The molecule has 0 bridgehead atoms. The summed E-state index contributed by atoms with van der Waals surface area (Å²) in [6.07, 6.45) is 3.58. The largest absolute Gasteiger partial charge is 0.507 e. The number of carbonyl (C=O) groups excluding carboxylic acids is 3. The van der Waals surface area contributed by atoms with Crippen LogP contribution in [0.15, 0.2) is 59.0 Å². The van der Waals surface area contributed by atoms with Crippen molar-refractivity contribution in [2.75, 3.05) is 51.7 Å². The minimum atomic E-state index is -3.73. The van der Waals surface area contributed by atoms with Crippen LogP contribution in [0.2, 0.25) is 0 Å². The van der Waals surface area contributed by atoms with E-state index in [0.717, 1.165) is 25.7 Å². The van der Waals surface area contributed by atoms with Crippen molar-refractivity contribution >= 4 is 39.1 Å². The van der Waals surface area contributed by atoms with E-state index in [1.54, 1.807) is 24.3 Å². The van der Waals surface area contributed by atoms with Crippen molar-refractivity contribution in [3.05, 3.63) is 65.2 Å². The topological polar surface area (TPSA) is 119 Å². The first kappa shape index (κ1) is 29.0. The molecule has 2 amide bonds. The minimum Gasteiger partial charge on any atom is -0.507 e. The van der Waals surface area contributed by atoms with Gasteiger partial charge >= 0.3 is 0 Å². The number of sulfonamides is 1. The maximum absolute atomic E-state index is 14.2. The standard InChI is InChI=1S/C30H36N4O6S/c1-4-33-24-12-8-7-11-23(24)30(29(33)38)25(27(36)28(37)34(30)20-19-31(2)3)26(35)21-13-15-22(16-14-21)41(39,40)32-17-9-5-6-10-18-32/h7-8,11-16,35H,4-6,9-10,17-20H2,1-3H3/b26-25-. The number of aliphatic hydroxyl groups excluding tert-OH is 1. The monoisotopic (exact) mass is 580 g/mol. The molecule has 41 heavy (non-hydrogen) atoms. The molecule has 0 radical (unpaired) electrons. The number of benzene rings is 2. The molecular weight excluding hydrogens is 544 g/mol. The fraction of sp³-hybridized carbons (Fsp3) is 0.433. The van der Waals surface area contributed by atoms with Crippen molar-refractivity contribution in [1.29, 1.82) is 0 Å². The van der Waals surface area contributed by atoms with Gasteiger partial charge in [0.05, 0.1) is 16.2 Å². The number of fused-ring (bicyclic) bond motifs is 2. The molecule has 1 unspecified atom stereocenters. The minimum absolute atomic E-state index is 0.0801. The number of amides is 2. The zero-order valence-electron chi connectivity index (χ0n) is 23.7. The second kappa shape index (κ2) is 11.0. The second-order valence-electron chi connectivity index (χ2n) is 10.9. The number of likely N-dealkylation sites (tertiary alicyclic amines) is 1. The summed E-state index contributed by atoms with van der Waals surface area (Å²) in [5.41, 5.74) is -0.978. The lowest BCUT2D eigenvalue weighted by atomic mass is 9.82. The van der Waals surface area contributed by atoms with Crippen LogP contribution in [0.1, 0.15) is 43.7 Å². The first-order chi connectivity index (χ1) is 19.6. The highest BCUT2D eigenvalue weighted by Crippen LogP contribution is 2.53. The van der Waals surface area contributed by atoms with Crippen molar-refractivity contribution in [2.45, 2.75) is 43.0 Å². The van der Waals surface area contributed by atoms with Crippen LogP contribution in [-0.2, 0) is 29.9 Å². The second-order valence-corrected chi connectivity index (χ2v) is 12.9. The van der Waals surface area contributed by atoms with Gasteiger partial charge in [-0.3, -0.25) is 14.4 Å². The van der Waals surface area contributed by atoms with E-state index in [0.29, 0.717) is 37.4 Å². The number of hydrogen-bond donors (Lipinski definition) is 1. The van der Waals surface area contributed by atoms with E-state index in [1.165, 1.54) is 38.4 Å². The quantitative estimate of drug-likeness (QED) is 0.304. The molecule has 5 rings (SSSR count). The van der Waals surface area contributed by atoms with E-state index in [9.17, 15) is 27.9 Å². The summed E-state index contributed by atoms with van der Waals surface area (Å²) < 4.78 is 28.1. The third-order valence-corrected chi connectivity index (χ3v) is 10.1. The molecule has 2 saturated heterocycles. The SMILES string of the molecule is CCN1C(=O)C2(/C(=C(\O)c3ccc(S(=O)(=O)N4CCCCCC4)cc3)C(=O)C(=O)N2CCN(C)C)c2ccccc21. The maximum Gasteiger partial charge on any atom is 0.296 e. The number of ketones is 1. The van der Waals surface area contributed by atoms with Crippen molar-refractivity contribution in [1.82, 2.24) is 14.1 Å². The van der Waals surface area contributed by atoms with Crippen LogP contribution in [0.4, 0.5) is 5.69 Å². The van der Waals surface area contributed by atoms with Gasteiger partial charge in [-0.25, -0.2) is 8.42 Å². The molecule has 0 saturated carbocycles. The molecule has 1 N–H and O–H groups in total. The van der Waals surface area contributed by atoms with Crippen molar-refractivity contribution in [2.24, 2.45) is 0 Å². The van der Waals surface area contributed by atoms with Crippen LogP contribution < -0.4 is 4.90 Å². The fourth-order valence-electron chi connectivity index (χ4n) is 6.14. The molecule has 218 valence electrons. The molecule has 2 aromatic rings. The number of para-hydroxylation sites is 1. The Balaban J connectivity index is 1.65. The van der Waals surface area contributed by atoms with Gasteiger partial charge in [0.1, 0.15) is 5.76 Å². The number of aliphatic hydroxyl groups is 1. The fourth-order valence-corrected chi connectivity index (χ4v) is 7.66. The van der Waals surface area contributed by atoms with Gasteiger partial charge in [0, 0.05) is 43.9 Å². The van der Waals surface area contributed by atoms with Gasteiger partial charge in [-0.15, -0.1) is 0 Å². The highest BCUT2D eigenvalue weighted by Gasteiger charge is 2.66. The third kappa shape index (κ3) is 4.56. The summed E-state index contributed by atoms with van der Waals surface area (Å²) >= 11 is 0. The van der Waals surface area contributed by atoms with E-state index in [1.807, 2.05) is 25.9 Å². The first-order valence-corrected chi connectivity index (χ1v) is 15.5. The van der Waals surface area contributed by atoms with E-state index in [4.69, 9.17) is 0 Å².